The summed E-state index contributed by atoms with van der Waals surface area (Å²) >= 11 is 5.36. The van der Waals surface area contributed by atoms with Crippen molar-refractivity contribution in [1.82, 2.24) is 9.55 Å². The van der Waals surface area contributed by atoms with Crippen LogP contribution in [-0.4, -0.2) is 16.7 Å². The number of imidazole rings is 1. The number of hydrogen-bond acceptors (Lipinski definition) is 3. The Morgan fingerprint density at radius 2 is 2.16 bits per heavy atom. The van der Waals surface area contributed by atoms with E-state index in [1.165, 1.54) is 0 Å². The molecule has 0 unspecified atom stereocenters. The van der Waals surface area contributed by atoms with E-state index >= 15 is 0 Å². The highest BCUT2D eigenvalue weighted by Crippen LogP contribution is 2.22. The van der Waals surface area contributed by atoms with Gasteiger partial charge in [-0.25, -0.2) is 0 Å². The molecule has 0 amide bonds. The van der Waals surface area contributed by atoms with Crippen molar-refractivity contribution in [2.24, 2.45) is 0 Å². The second kappa shape index (κ2) is 4.59. The molecule has 0 atom stereocenters. The van der Waals surface area contributed by atoms with Crippen LogP contribution in [0.2, 0.25) is 0 Å². The summed E-state index contributed by atoms with van der Waals surface area (Å²) < 4.78 is 13.5. The van der Waals surface area contributed by atoms with Gasteiger partial charge < -0.3 is 18.7 Å². The Morgan fingerprint density at radius 3 is 2.84 bits per heavy atom. The molecule has 19 heavy (non-hydrogen) atoms. The Morgan fingerprint density at radius 1 is 1.32 bits per heavy atom. The number of benzene rings is 1. The summed E-state index contributed by atoms with van der Waals surface area (Å²) in [5.74, 6) is 2.60. The van der Waals surface area contributed by atoms with Gasteiger partial charge in [0.2, 0.25) is 0 Å². The molecule has 5 heteroatoms. The number of rotatable bonds is 3. The van der Waals surface area contributed by atoms with Gasteiger partial charge in [-0.3, -0.25) is 0 Å². The van der Waals surface area contributed by atoms with Gasteiger partial charge in [0.1, 0.15) is 17.3 Å². The molecule has 0 spiro atoms. The summed E-state index contributed by atoms with van der Waals surface area (Å²) in [6, 6.07) is 9.77. The maximum absolute atomic E-state index is 5.61. The third-order valence-corrected chi connectivity index (χ3v) is 3.41. The topological polar surface area (TPSA) is 43.1 Å². The zero-order chi connectivity index (χ0) is 13.4. The predicted octanol–water partition coefficient (Wildman–Crippen LogP) is 3.66. The number of H-pyrrole nitrogens is 1. The molecule has 1 aromatic carbocycles. The third-order valence-electron chi connectivity index (χ3n) is 3.09. The van der Waals surface area contributed by atoms with Crippen molar-refractivity contribution < 1.29 is 9.15 Å². The van der Waals surface area contributed by atoms with Gasteiger partial charge in [0.05, 0.1) is 24.7 Å². The van der Waals surface area contributed by atoms with Crippen LogP contribution in [-0.2, 0) is 6.54 Å². The summed E-state index contributed by atoms with van der Waals surface area (Å²) in [4.78, 5) is 3.19. The number of aromatic nitrogens is 2. The standard InChI is InChI=1S/C14H14N2O2S/c1-9-3-4-11(18-9)8-16-13-7-10(17-2)5-6-12(13)15-14(16)19/h3-7H,8H2,1-2H3,(H,15,19). The molecule has 0 aliphatic rings. The second-order valence-corrected chi connectivity index (χ2v) is 4.80. The maximum atomic E-state index is 5.61. The van der Waals surface area contributed by atoms with Crippen LogP contribution in [0, 0.1) is 11.7 Å². The number of ether oxygens (including phenoxy) is 1. The summed E-state index contributed by atoms with van der Waals surface area (Å²) in [5, 5.41) is 0. The summed E-state index contributed by atoms with van der Waals surface area (Å²) in [7, 11) is 1.66. The summed E-state index contributed by atoms with van der Waals surface area (Å²) in [6.07, 6.45) is 0. The van der Waals surface area contributed by atoms with Crippen LogP contribution in [0.1, 0.15) is 11.5 Å². The van der Waals surface area contributed by atoms with Crippen molar-refractivity contribution in [2.75, 3.05) is 7.11 Å². The van der Waals surface area contributed by atoms with Crippen molar-refractivity contribution in [3.63, 3.8) is 0 Å². The lowest BCUT2D eigenvalue weighted by molar-refractivity contribution is 0.415. The average Bonchev–Trinajstić information content (AvgIpc) is 2.94. The quantitative estimate of drug-likeness (QED) is 0.741. The lowest BCUT2D eigenvalue weighted by Crippen LogP contribution is -1.98. The third kappa shape index (κ3) is 2.17. The predicted molar refractivity (Wildman–Crippen MR) is 76.2 cm³/mol. The fraction of sp³-hybridized carbons (Fsp3) is 0.214. The Kier molecular flexibility index (Phi) is 2.91. The van der Waals surface area contributed by atoms with E-state index in [0.29, 0.717) is 11.3 Å². The van der Waals surface area contributed by atoms with E-state index in [0.717, 1.165) is 28.3 Å². The molecule has 0 bridgehead atoms. The van der Waals surface area contributed by atoms with Gasteiger partial charge in [-0.05, 0) is 43.4 Å². The van der Waals surface area contributed by atoms with Gasteiger partial charge in [0, 0.05) is 6.07 Å². The van der Waals surface area contributed by atoms with Crippen LogP contribution in [0.5, 0.6) is 5.75 Å². The van der Waals surface area contributed by atoms with Crippen molar-refractivity contribution in [3.8, 4) is 5.75 Å². The number of fused-ring (bicyclic) bond motifs is 1. The van der Waals surface area contributed by atoms with Crippen molar-refractivity contribution in [2.45, 2.75) is 13.5 Å². The van der Waals surface area contributed by atoms with E-state index in [-0.39, 0.29) is 0 Å². The number of methoxy groups -OCH3 is 1. The van der Waals surface area contributed by atoms with Crippen LogP contribution in [0.15, 0.2) is 34.7 Å². The van der Waals surface area contributed by atoms with Crippen molar-refractivity contribution in [1.29, 1.82) is 0 Å². The second-order valence-electron chi connectivity index (χ2n) is 4.41. The normalized spacial score (nSPS) is 11.1. The number of nitrogens with one attached hydrogen (secondary N) is 1. The Hall–Kier alpha value is -2.01. The molecule has 0 aliphatic carbocycles. The first-order valence-corrected chi connectivity index (χ1v) is 6.40. The first kappa shape index (κ1) is 12.0. The molecule has 3 rings (SSSR count). The number of aryl methyl sites for hydroxylation is 1. The SMILES string of the molecule is COc1ccc2[nH]c(=S)n(Cc3ccc(C)o3)c2c1. The monoisotopic (exact) mass is 274 g/mol. The van der Waals surface area contributed by atoms with Gasteiger partial charge in [0.25, 0.3) is 0 Å². The highest BCUT2D eigenvalue weighted by molar-refractivity contribution is 7.71. The fourth-order valence-corrected chi connectivity index (χ4v) is 2.42. The smallest absolute Gasteiger partial charge is 0.178 e. The van der Waals surface area contributed by atoms with Crippen LogP contribution >= 0.6 is 12.2 Å². The van der Waals surface area contributed by atoms with Crippen LogP contribution < -0.4 is 4.74 Å². The van der Waals surface area contributed by atoms with E-state index in [9.17, 15) is 0 Å². The molecule has 2 aromatic heterocycles. The number of nitrogens with zero attached hydrogens (tertiary/aromatic N) is 1. The van der Waals surface area contributed by atoms with Gasteiger partial charge >= 0.3 is 0 Å². The molecule has 3 aromatic rings. The van der Waals surface area contributed by atoms with Crippen LogP contribution in [0.25, 0.3) is 11.0 Å². The van der Waals surface area contributed by atoms with E-state index < -0.39 is 0 Å². The minimum absolute atomic E-state index is 0.611. The summed E-state index contributed by atoms with van der Waals surface area (Å²) in [5.41, 5.74) is 2.01. The zero-order valence-electron chi connectivity index (χ0n) is 10.8. The molecular formula is C14H14N2O2S. The van der Waals surface area contributed by atoms with Gasteiger partial charge in [0.15, 0.2) is 4.77 Å². The van der Waals surface area contributed by atoms with Crippen LogP contribution in [0.4, 0.5) is 0 Å². The molecule has 2 heterocycles. The minimum atomic E-state index is 0.611. The number of hydrogen-bond donors (Lipinski definition) is 1. The first-order valence-electron chi connectivity index (χ1n) is 5.99. The highest BCUT2D eigenvalue weighted by atomic mass is 32.1. The van der Waals surface area contributed by atoms with Crippen LogP contribution in [0.3, 0.4) is 0 Å². The molecule has 0 aliphatic heterocycles. The molecule has 0 fully saturated rings. The first-order chi connectivity index (χ1) is 9.17. The van der Waals surface area contributed by atoms with Gasteiger partial charge in [-0.2, -0.15) is 0 Å². The Bertz CT molecular complexity index is 782. The van der Waals surface area contributed by atoms with E-state index in [4.69, 9.17) is 21.4 Å². The molecule has 0 radical (unpaired) electrons. The molecule has 1 N–H and O–H groups in total. The highest BCUT2D eigenvalue weighted by Gasteiger charge is 2.08. The molecular weight excluding hydrogens is 260 g/mol. The van der Waals surface area contributed by atoms with E-state index in [1.807, 2.05) is 41.8 Å². The molecule has 98 valence electrons. The van der Waals surface area contributed by atoms with Crippen molar-refractivity contribution >= 4 is 23.3 Å². The zero-order valence-corrected chi connectivity index (χ0v) is 11.6. The number of aromatic amines is 1. The van der Waals surface area contributed by atoms with Gasteiger partial charge in [-0.15, -0.1) is 0 Å². The average molecular weight is 274 g/mol. The Labute approximate surface area is 115 Å². The Balaban J connectivity index is 2.11. The number of furan rings is 1. The van der Waals surface area contributed by atoms with E-state index in [2.05, 4.69) is 4.98 Å². The molecule has 0 saturated carbocycles. The van der Waals surface area contributed by atoms with Crippen molar-refractivity contribution in [3.05, 3.63) is 46.6 Å². The molecule has 4 nitrogen and oxygen atoms in total. The minimum Gasteiger partial charge on any atom is -0.497 e. The maximum Gasteiger partial charge on any atom is 0.178 e. The molecule has 0 saturated heterocycles. The lowest BCUT2D eigenvalue weighted by atomic mass is 10.3. The largest absolute Gasteiger partial charge is 0.497 e. The van der Waals surface area contributed by atoms with E-state index in [1.54, 1.807) is 7.11 Å². The fourth-order valence-electron chi connectivity index (χ4n) is 2.14. The van der Waals surface area contributed by atoms with Gasteiger partial charge in [-0.1, -0.05) is 0 Å². The summed E-state index contributed by atoms with van der Waals surface area (Å²) in [6.45, 7) is 2.54. The lowest BCUT2D eigenvalue weighted by Gasteiger charge is -2.04.